The van der Waals surface area contributed by atoms with E-state index in [1.54, 1.807) is 30.5 Å². The van der Waals surface area contributed by atoms with Crippen LogP contribution in [-0.2, 0) is 4.74 Å². The summed E-state index contributed by atoms with van der Waals surface area (Å²) in [6.45, 7) is -0.379. The second kappa shape index (κ2) is 7.69. The number of cyclic esters (lactones) is 1. The Bertz CT molecular complexity index is 780. The van der Waals surface area contributed by atoms with Crippen molar-refractivity contribution in [2.24, 2.45) is 0 Å². The van der Waals surface area contributed by atoms with Crippen LogP contribution >= 0.6 is 0 Å². The number of methoxy groups -OCH3 is 1. The first-order valence-electron chi connectivity index (χ1n) is 8.09. The minimum atomic E-state index is -1.01. The molecule has 8 nitrogen and oxygen atoms in total. The third kappa shape index (κ3) is 3.48. The Balaban J connectivity index is 1.88. The molecule has 1 amide bonds. The van der Waals surface area contributed by atoms with Crippen molar-refractivity contribution in [1.29, 1.82) is 0 Å². The molecule has 0 saturated carbocycles. The van der Waals surface area contributed by atoms with Crippen LogP contribution in [0.1, 0.15) is 11.8 Å². The monoisotopic (exact) mass is 360 g/mol. The highest BCUT2D eigenvalue weighted by molar-refractivity contribution is 5.92. The number of benzene rings is 1. The van der Waals surface area contributed by atoms with Crippen molar-refractivity contribution < 1.29 is 29.6 Å². The number of rotatable bonds is 6. The Kier molecular flexibility index (Phi) is 5.36. The maximum Gasteiger partial charge on any atom is 0.414 e. The number of hydrogen-bond donors (Lipinski definition) is 3. The lowest BCUT2D eigenvalue weighted by Crippen LogP contribution is -2.25. The molecule has 2 aromatic rings. The summed E-state index contributed by atoms with van der Waals surface area (Å²) in [6, 6.07) is 8.75. The highest BCUT2D eigenvalue weighted by atomic mass is 16.6. The van der Waals surface area contributed by atoms with E-state index >= 15 is 0 Å². The van der Waals surface area contributed by atoms with Gasteiger partial charge in [0.15, 0.2) is 0 Å². The lowest BCUT2D eigenvalue weighted by molar-refractivity contribution is 0.0923. The SMILES string of the molecule is COc1cc(-c2ccc(C(O)CO)nc2)ccc1N1CC(CO)OC1=O. The van der Waals surface area contributed by atoms with Crippen molar-refractivity contribution in [2.45, 2.75) is 12.2 Å². The van der Waals surface area contributed by atoms with Crippen LogP contribution in [0, 0.1) is 0 Å². The maximum atomic E-state index is 12.0. The number of aliphatic hydroxyl groups is 3. The summed E-state index contributed by atoms with van der Waals surface area (Å²) in [7, 11) is 1.51. The number of amides is 1. The zero-order valence-corrected chi connectivity index (χ0v) is 14.2. The van der Waals surface area contributed by atoms with Gasteiger partial charge >= 0.3 is 6.09 Å². The normalized spacial score (nSPS) is 17.9. The van der Waals surface area contributed by atoms with E-state index in [4.69, 9.17) is 14.6 Å². The topological polar surface area (TPSA) is 112 Å². The molecule has 1 aliphatic rings. The molecule has 0 spiro atoms. The molecular weight excluding hydrogens is 340 g/mol. The quantitative estimate of drug-likeness (QED) is 0.707. The largest absolute Gasteiger partial charge is 0.495 e. The first-order valence-corrected chi connectivity index (χ1v) is 8.09. The first-order chi connectivity index (χ1) is 12.6. The summed E-state index contributed by atoms with van der Waals surface area (Å²) in [5.41, 5.74) is 2.54. The smallest absolute Gasteiger partial charge is 0.414 e. The van der Waals surface area contributed by atoms with Crippen LogP contribution in [0.25, 0.3) is 11.1 Å². The Morgan fingerprint density at radius 1 is 1.31 bits per heavy atom. The zero-order chi connectivity index (χ0) is 18.7. The second-order valence-corrected chi connectivity index (χ2v) is 5.86. The molecule has 2 unspecified atom stereocenters. The van der Waals surface area contributed by atoms with E-state index in [1.165, 1.54) is 12.0 Å². The molecule has 2 atom stereocenters. The average Bonchev–Trinajstić information content (AvgIpc) is 3.07. The standard InChI is InChI=1S/C18H20N2O6/c1-25-17-6-11(12-2-4-14(19-7-12)16(23)10-22)3-5-15(17)20-8-13(9-21)26-18(20)24/h2-7,13,16,21-23H,8-10H2,1H3. The van der Waals surface area contributed by atoms with Gasteiger partial charge in [-0.3, -0.25) is 9.88 Å². The average molecular weight is 360 g/mol. The molecule has 3 rings (SSSR count). The third-order valence-corrected chi connectivity index (χ3v) is 4.18. The summed E-state index contributed by atoms with van der Waals surface area (Å²) in [4.78, 5) is 17.6. The van der Waals surface area contributed by atoms with Crippen LogP contribution in [0.4, 0.5) is 10.5 Å². The predicted octanol–water partition coefficient (Wildman–Crippen LogP) is 1.10. The van der Waals surface area contributed by atoms with Crippen LogP contribution in [0.3, 0.4) is 0 Å². The van der Waals surface area contributed by atoms with Crippen LogP contribution in [0.5, 0.6) is 5.75 Å². The number of aliphatic hydroxyl groups excluding tert-OH is 3. The van der Waals surface area contributed by atoms with Gasteiger partial charge in [0.2, 0.25) is 0 Å². The number of ether oxygens (including phenoxy) is 2. The van der Waals surface area contributed by atoms with Crippen molar-refractivity contribution in [3.63, 3.8) is 0 Å². The number of carbonyl (C=O) groups excluding carboxylic acids is 1. The molecule has 3 N–H and O–H groups in total. The summed E-state index contributed by atoms with van der Waals surface area (Å²) in [5, 5.41) is 27.7. The van der Waals surface area contributed by atoms with E-state index in [1.807, 2.05) is 6.07 Å². The van der Waals surface area contributed by atoms with Gasteiger partial charge in [-0.2, -0.15) is 0 Å². The van der Waals surface area contributed by atoms with Crippen molar-refractivity contribution >= 4 is 11.8 Å². The summed E-state index contributed by atoms with van der Waals surface area (Å²) in [5.74, 6) is 0.484. The Hall–Kier alpha value is -2.68. The van der Waals surface area contributed by atoms with E-state index in [9.17, 15) is 15.0 Å². The molecule has 0 radical (unpaired) electrons. The minimum absolute atomic E-state index is 0.236. The Labute approximate surface area is 150 Å². The highest BCUT2D eigenvalue weighted by Crippen LogP contribution is 2.35. The second-order valence-electron chi connectivity index (χ2n) is 5.86. The Morgan fingerprint density at radius 3 is 2.65 bits per heavy atom. The van der Waals surface area contributed by atoms with E-state index < -0.39 is 24.9 Å². The van der Waals surface area contributed by atoms with Gasteiger partial charge in [-0.25, -0.2) is 4.79 Å². The number of aromatic nitrogens is 1. The lowest BCUT2D eigenvalue weighted by atomic mass is 10.1. The van der Waals surface area contributed by atoms with Gasteiger partial charge in [0.1, 0.15) is 18.0 Å². The van der Waals surface area contributed by atoms with Gasteiger partial charge < -0.3 is 24.8 Å². The number of anilines is 1. The van der Waals surface area contributed by atoms with E-state index in [2.05, 4.69) is 4.98 Å². The highest BCUT2D eigenvalue weighted by Gasteiger charge is 2.33. The predicted molar refractivity (Wildman–Crippen MR) is 93.0 cm³/mol. The molecule has 138 valence electrons. The molecule has 1 aliphatic heterocycles. The summed E-state index contributed by atoms with van der Waals surface area (Å²) in [6.07, 6.45) is -0.503. The van der Waals surface area contributed by atoms with Crippen molar-refractivity contribution in [3.05, 3.63) is 42.2 Å². The van der Waals surface area contributed by atoms with E-state index in [0.717, 1.165) is 11.1 Å². The van der Waals surface area contributed by atoms with Gasteiger partial charge in [-0.05, 0) is 23.8 Å². The van der Waals surface area contributed by atoms with E-state index in [0.29, 0.717) is 17.1 Å². The molecule has 26 heavy (non-hydrogen) atoms. The Morgan fingerprint density at radius 2 is 2.08 bits per heavy atom. The molecule has 2 heterocycles. The van der Waals surface area contributed by atoms with Crippen molar-refractivity contribution in [2.75, 3.05) is 31.8 Å². The molecule has 1 fully saturated rings. The minimum Gasteiger partial charge on any atom is -0.495 e. The van der Waals surface area contributed by atoms with Gasteiger partial charge in [-0.1, -0.05) is 12.1 Å². The van der Waals surface area contributed by atoms with Crippen LogP contribution in [0.15, 0.2) is 36.5 Å². The van der Waals surface area contributed by atoms with Crippen LogP contribution in [0.2, 0.25) is 0 Å². The fraction of sp³-hybridized carbons (Fsp3) is 0.333. The number of nitrogens with zero attached hydrogens (tertiary/aromatic N) is 2. The maximum absolute atomic E-state index is 12.0. The molecular formula is C18H20N2O6. The van der Waals surface area contributed by atoms with Crippen LogP contribution in [-0.4, -0.2) is 59.4 Å². The van der Waals surface area contributed by atoms with Gasteiger partial charge in [0.05, 0.1) is 38.2 Å². The molecule has 1 aromatic carbocycles. The van der Waals surface area contributed by atoms with Crippen molar-refractivity contribution in [3.8, 4) is 16.9 Å². The molecule has 1 saturated heterocycles. The number of carbonyl (C=O) groups is 1. The fourth-order valence-electron chi connectivity index (χ4n) is 2.76. The van der Waals surface area contributed by atoms with Crippen molar-refractivity contribution in [1.82, 2.24) is 4.98 Å². The molecule has 8 heteroatoms. The third-order valence-electron chi connectivity index (χ3n) is 4.18. The first kappa shape index (κ1) is 18.1. The van der Waals surface area contributed by atoms with E-state index in [-0.39, 0.29) is 13.2 Å². The van der Waals surface area contributed by atoms with Gasteiger partial charge in [-0.15, -0.1) is 0 Å². The number of hydrogen-bond acceptors (Lipinski definition) is 7. The van der Waals surface area contributed by atoms with Crippen LogP contribution < -0.4 is 9.64 Å². The van der Waals surface area contributed by atoms with Gasteiger partial charge in [0, 0.05) is 11.8 Å². The molecule has 0 aliphatic carbocycles. The molecule has 0 bridgehead atoms. The van der Waals surface area contributed by atoms with Gasteiger partial charge in [0.25, 0.3) is 0 Å². The zero-order valence-electron chi connectivity index (χ0n) is 14.2. The lowest BCUT2D eigenvalue weighted by Gasteiger charge is -2.17. The summed E-state index contributed by atoms with van der Waals surface area (Å²) >= 11 is 0. The number of pyridine rings is 1. The summed E-state index contributed by atoms with van der Waals surface area (Å²) < 4.78 is 10.5. The molecule has 1 aromatic heterocycles. The fourth-order valence-corrected chi connectivity index (χ4v) is 2.76.